The van der Waals surface area contributed by atoms with Crippen LogP contribution in [0.4, 0.5) is 0 Å². The number of rotatable bonds is 13. The number of aliphatic carboxylic acids is 2. The third-order valence-electron chi connectivity index (χ3n) is 6.86. The molecular formula is C30H31NO8. The second kappa shape index (κ2) is 13.3. The third kappa shape index (κ3) is 7.50. The van der Waals surface area contributed by atoms with E-state index in [1.54, 1.807) is 31.2 Å². The number of carboxylic acids is 2. The molecule has 0 bridgehead atoms. The lowest BCUT2D eigenvalue weighted by molar-refractivity contribution is -0.151. The van der Waals surface area contributed by atoms with Crippen LogP contribution in [0.15, 0.2) is 66.7 Å². The minimum Gasteiger partial charge on any atom is -0.481 e. The molecule has 0 spiro atoms. The smallest absolute Gasteiger partial charge is 0.337 e. The van der Waals surface area contributed by atoms with Crippen molar-refractivity contribution in [3.8, 4) is 0 Å². The van der Waals surface area contributed by atoms with Crippen LogP contribution in [0.5, 0.6) is 0 Å². The van der Waals surface area contributed by atoms with Crippen molar-refractivity contribution >= 4 is 40.9 Å². The van der Waals surface area contributed by atoms with E-state index >= 15 is 0 Å². The predicted octanol–water partition coefficient (Wildman–Crippen LogP) is 4.28. The summed E-state index contributed by atoms with van der Waals surface area (Å²) in [5.74, 6) is -5.59. The largest absolute Gasteiger partial charge is 0.481 e. The van der Waals surface area contributed by atoms with Gasteiger partial charge in [-0.2, -0.15) is 0 Å². The maximum atomic E-state index is 13.6. The summed E-state index contributed by atoms with van der Waals surface area (Å²) in [5, 5.41) is 20.7. The fourth-order valence-electron chi connectivity index (χ4n) is 4.70. The van der Waals surface area contributed by atoms with Crippen molar-refractivity contribution in [2.75, 3.05) is 7.11 Å². The van der Waals surface area contributed by atoms with Crippen LogP contribution in [0, 0.1) is 5.92 Å². The molecule has 3 aromatic carbocycles. The van der Waals surface area contributed by atoms with Crippen molar-refractivity contribution in [2.45, 2.75) is 44.7 Å². The lowest BCUT2D eigenvalue weighted by Crippen LogP contribution is -2.43. The Labute approximate surface area is 226 Å². The Bertz CT molecular complexity index is 1350. The fourth-order valence-corrected chi connectivity index (χ4v) is 4.70. The second-order valence-corrected chi connectivity index (χ2v) is 9.40. The van der Waals surface area contributed by atoms with Crippen LogP contribution in [-0.4, -0.2) is 58.4 Å². The molecule has 204 valence electrons. The van der Waals surface area contributed by atoms with Gasteiger partial charge in [0.15, 0.2) is 0 Å². The van der Waals surface area contributed by atoms with E-state index in [9.17, 15) is 29.1 Å². The zero-order valence-electron chi connectivity index (χ0n) is 21.8. The summed E-state index contributed by atoms with van der Waals surface area (Å²) in [7, 11) is 1.28. The number of amides is 1. The van der Waals surface area contributed by atoms with Crippen molar-refractivity contribution in [1.82, 2.24) is 4.90 Å². The number of aldehydes is 1. The highest BCUT2D eigenvalue weighted by atomic mass is 16.5. The summed E-state index contributed by atoms with van der Waals surface area (Å²) in [6, 6.07) is 19.4. The van der Waals surface area contributed by atoms with Crippen molar-refractivity contribution in [2.24, 2.45) is 5.92 Å². The first kappa shape index (κ1) is 29.0. The van der Waals surface area contributed by atoms with E-state index in [4.69, 9.17) is 9.84 Å². The summed E-state index contributed by atoms with van der Waals surface area (Å²) in [4.78, 5) is 61.6. The van der Waals surface area contributed by atoms with Crippen LogP contribution in [0.1, 0.15) is 53.6 Å². The van der Waals surface area contributed by atoms with Gasteiger partial charge in [0.2, 0.25) is 5.91 Å². The molecule has 3 unspecified atom stereocenters. The first-order valence-electron chi connectivity index (χ1n) is 12.5. The number of esters is 1. The van der Waals surface area contributed by atoms with Gasteiger partial charge in [-0.3, -0.25) is 14.4 Å². The van der Waals surface area contributed by atoms with Gasteiger partial charge in [0.25, 0.3) is 0 Å². The Morgan fingerprint density at radius 3 is 2.18 bits per heavy atom. The van der Waals surface area contributed by atoms with Crippen molar-refractivity contribution < 1.29 is 38.9 Å². The molecule has 9 heteroatoms. The van der Waals surface area contributed by atoms with Gasteiger partial charge in [-0.15, -0.1) is 0 Å². The minimum atomic E-state index is -1.40. The number of fused-ring (bicyclic) bond motifs is 1. The van der Waals surface area contributed by atoms with Crippen molar-refractivity contribution in [3.63, 3.8) is 0 Å². The van der Waals surface area contributed by atoms with Crippen LogP contribution in [0.2, 0.25) is 0 Å². The van der Waals surface area contributed by atoms with Crippen LogP contribution in [0.25, 0.3) is 10.8 Å². The molecule has 3 atom stereocenters. The number of hydrogen-bond donors (Lipinski definition) is 2. The van der Waals surface area contributed by atoms with Crippen LogP contribution < -0.4 is 0 Å². The monoisotopic (exact) mass is 533 g/mol. The van der Waals surface area contributed by atoms with Gasteiger partial charge >= 0.3 is 17.9 Å². The zero-order chi connectivity index (χ0) is 28.5. The van der Waals surface area contributed by atoms with E-state index in [2.05, 4.69) is 0 Å². The van der Waals surface area contributed by atoms with Crippen molar-refractivity contribution in [1.29, 1.82) is 0 Å². The summed E-state index contributed by atoms with van der Waals surface area (Å²) in [6.45, 7) is 1.90. The van der Waals surface area contributed by atoms with Gasteiger partial charge < -0.3 is 24.6 Å². The highest BCUT2D eigenvalue weighted by Gasteiger charge is 2.32. The Hall–Kier alpha value is -4.53. The van der Waals surface area contributed by atoms with Crippen molar-refractivity contribution in [3.05, 3.63) is 83.4 Å². The molecule has 0 aromatic heterocycles. The maximum absolute atomic E-state index is 13.6. The van der Waals surface area contributed by atoms with Crippen LogP contribution >= 0.6 is 0 Å². The Morgan fingerprint density at radius 2 is 1.59 bits per heavy atom. The molecule has 0 fully saturated rings. The zero-order valence-corrected chi connectivity index (χ0v) is 21.8. The standard InChI is InChI=1S/C30H31NO8/c1-19(26(13-14-32)22-9-11-23(12-10-22)30(38)39-2)31(27(33)16-25(29(36)37)17-28(34)35)18-20-7-8-21-5-3-4-6-24(21)15-20/h3-12,14-15,19,25-26H,13,16-18H2,1-2H3,(H,34,35)(H,36,37). The second-order valence-electron chi connectivity index (χ2n) is 9.40. The Morgan fingerprint density at radius 1 is 0.923 bits per heavy atom. The number of hydrogen-bond acceptors (Lipinski definition) is 6. The summed E-state index contributed by atoms with van der Waals surface area (Å²) in [5.41, 5.74) is 1.84. The molecule has 9 nitrogen and oxygen atoms in total. The van der Waals surface area contributed by atoms with Gasteiger partial charge in [0, 0.05) is 31.3 Å². The minimum absolute atomic E-state index is 0.0672. The fraction of sp³-hybridized carbons (Fsp3) is 0.300. The summed E-state index contributed by atoms with van der Waals surface area (Å²) in [6.07, 6.45) is -0.378. The normalized spacial score (nSPS) is 13.2. The number of carboxylic acid groups (broad SMARTS) is 2. The highest BCUT2D eigenvalue weighted by molar-refractivity contribution is 5.89. The number of benzene rings is 3. The van der Waals surface area contributed by atoms with Gasteiger partial charge in [-0.1, -0.05) is 48.5 Å². The molecule has 0 saturated heterocycles. The number of carbonyl (C=O) groups excluding carboxylic acids is 3. The molecular weight excluding hydrogens is 502 g/mol. The van der Waals surface area contributed by atoms with E-state index in [1.165, 1.54) is 12.0 Å². The molecule has 1 amide bonds. The van der Waals surface area contributed by atoms with Gasteiger partial charge in [0.1, 0.15) is 6.29 Å². The highest BCUT2D eigenvalue weighted by Crippen LogP contribution is 2.30. The van der Waals surface area contributed by atoms with E-state index < -0.39 is 54.5 Å². The molecule has 3 rings (SSSR count). The molecule has 0 aliphatic rings. The molecule has 0 radical (unpaired) electrons. The SMILES string of the molecule is COC(=O)c1ccc(C(CC=O)C(C)N(Cc2ccc3ccccc3c2)C(=O)CC(CC(=O)O)C(=O)O)cc1. The average Bonchev–Trinajstić information content (AvgIpc) is 2.93. The number of ether oxygens (including phenoxy) is 1. The average molecular weight is 534 g/mol. The quantitative estimate of drug-likeness (QED) is 0.245. The first-order chi connectivity index (χ1) is 18.6. The number of carbonyl (C=O) groups is 5. The third-order valence-corrected chi connectivity index (χ3v) is 6.86. The maximum Gasteiger partial charge on any atom is 0.337 e. The Balaban J connectivity index is 1.98. The van der Waals surface area contributed by atoms with Gasteiger partial charge in [-0.25, -0.2) is 4.79 Å². The summed E-state index contributed by atoms with van der Waals surface area (Å²) < 4.78 is 4.74. The molecule has 0 heterocycles. The first-order valence-corrected chi connectivity index (χ1v) is 12.5. The van der Waals surface area contributed by atoms with Crippen LogP contribution in [-0.2, 0) is 30.5 Å². The Kier molecular flexibility index (Phi) is 9.92. The van der Waals surface area contributed by atoms with E-state index in [0.29, 0.717) is 11.1 Å². The van der Waals surface area contributed by atoms with E-state index in [1.807, 2.05) is 42.5 Å². The molecule has 3 aromatic rings. The molecule has 0 saturated carbocycles. The lowest BCUT2D eigenvalue weighted by Gasteiger charge is -2.35. The van der Waals surface area contributed by atoms with Gasteiger partial charge in [0.05, 0.1) is 25.0 Å². The number of nitrogens with zero attached hydrogens (tertiary/aromatic N) is 1. The number of methoxy groups -OCH3 is 1. The molecule has 2 N–H and O–H groups in total. The van der Waals surface area contributed by atoms with E-state index in [-0.39, 0.29) is 13.0 Å². The lowest BCUT2D eigenvalue weighted by atomic mass is 9.87. The van der Waals surface area contributed by atoms with Gasteiger partial charge in [-0.05, 0) is 47.0 Å². The van der Waals surface area contributed by atoms with Crippen LogP contribution in [0.3, 0.4) is 0 Å². The van der Waals surface area contributed by atoms with E-state index in [0.717, 1.165) is 22.6 Å². The topological polar surface area (TPSA) is 138 Å². The molecule has 39 heavy (non-hydrogen) atoms. The summed E-state index contributed by atoms with van der Waals surface area (Å²) >= 11 is 0. The molecule has 0 aliphatic carbocycles. The molecule has 0 aliphatic heterocycles. The predicted molar refractivity (Wildman–Crippen MR) is 143 cm³/mol.